The Kier molecular flexibility index (Phi) is 6.09. The first-order valence-corrected chi connectivity index (χ1v) is 7.90. The van der Waals surface area contributed by atoms with Gasteiger partial charge >= 0.3 is 0 Å². The monoisotopic (exact) mass is 326 g/mol. The van der Waals surface area contributed by atoms with Gasteiger partial charge in [-0.1, -0.05) is 44.2 Å². The van der Waals surface area contributed by atoms with Crippen LogP contribution >= 0.6 is 0 Å². The lowest BCUT2D eigenvalue weighted by Gasteiger charge is -2.16. The number of amides is 2. The molecule has 0 aliphatic carbocycles. The SMILES string of the molecule is CC(C)C(O)CC(=O)Nc1ccccc1NC(=O)c1ccccc1. The van der Waals surface area contributed by atoms with E-state index in [1.807, 2.05) is 19.9 Å². The second-order valence-corrected chi connectivity index (χ2v) is 5.93. The smallest absolute Gasteiger partial charge is 0.255 e. The lowest BCUT2D eigenvalue weighted by Crippen LogP contribution is -2.24. The fourth-order valence-electron chi connectivity index (χ4n) is 2.11. The van der Waals surface area contributed by atoms with Crippen LogP contribution in [0.4, 0.5) is 11.4 Å². The minimum absolute atomic E-state index is 0.00350. The van der Waals surface area contributed by atoms with E-state index in [1.54, 1.807) is 48.5 Å². The van der Waals surface area contributed by atoms with Crippen molar-refractivity contribution in [3.63, 3.8) is 0 Å². The highest BCUT2D eigenvalue weighted by molar-refractivity contribution is 6.07. The lowest BCUT2D eigenvalue weighted by atomic mass is 10.0. The highest BCUT2D eigenvalue weighted by atomic mass is 16.3. The van der Waals surface area contributed by atoms with Crippen molar-refractivity contribution in [2.45, 2.75) is 26.4 Å². The third kappa shape index (κ3) is 4.93. The fraction of sp³-hybridized carbons (Fsp3) is 0.263. The number of carbonyl (C=O) groups is 2. The van der Waals surface area contributed by atoms with E-state index < -0.39 is 6.10 Å². The Hall–Kier alpha value is -2.66. The molecule has 0 aromatic heterocycles. The minimum Gasteiger partial charge on any atom is -0.392 e. The fourth-order valence-corrected chi connectivity index (χ4v) is 2.11. The molecule has 0 radical (unpaired) electrons. The molecule has 3 N–H and O–H groups in total. The van der Waals surface area contributed by atoms with Gasteiger partial charge in [0.15, 0.2) is 0 Å². The maximum atomic E-state index is 12.3. The van der Waals surface area contributed by atoms with Crippen molar-refractivity contribution in [3.8, 4) is 0 Å². The van der Waals surface area contributed by atoms with Crippen molar-refractivity contribution in [1.82, 2.24) is 0 Å². The van der Waals surface area contributed by atoms with E-state index >= 15 is 0 Å². The predicted molar refractivity (Wildman–Crippen MR) is 94.9 cm³/mol. The summed E-state index contributed by atoms with van der Waals surface area (Å²) in [5.41, 5.74) is 1.55. The molecular weight excluding hydrogens is 304 g/mol. The number of para-hydroxylation sites is 2. The molecule has 1 atom stereocenters. The number of benzene rings is 2. The number of carbonyl (C=O) groups excluding carboxylic acids is 2. The molecule has 2 rings (SSSR count). The number of hydrogen-bond donors (Lipinski definition) is 3. The van der Waals surface area contributed by atoms with E-state index in [2.05, 4.69) is 10.6 Å². The van der Waals surface area contributed by atoms with Crippen LogP contribution in [0.2, 0.25) is 0 Å². The zero-order valence-electron chi connectivity index (χ0n) is 13.8. The summed E-state index contributed by atoms with van der Waals surface area (Å²) in [6.45, 7) is 3.71. The summed E-state index contributed by atoms with van der Waals surface area (Å²) in [6.07, 6.45) is -0.686. The van der Waals surface area contributed by atoms with Crippen LogP contribution in [0.15, 0.2) is 54.6 Å². The molecule has 0 aliphatic rings. The zero-order valence-corrected chi connectivity index (χ0v) is 13.8. The molecule has 2 aromatic carbocycles. The number of rotatable bonds is 6. The lowest BCUT2D eigenvalue weighted by molar-refractivity contribution is -0.118. The molecule has 0 saturated carbocycles. The van der Waals surface area contributed by atoms with Crippen molar-refractivity contribution in [1.29, 1.82) is 0 Å². The van der Waals surface area contributed by atoms with Gasteiger partial charge in [-0.3, -0.25) is 9.59 Å². The van der Waals surface area contributed by atoms with E-state index in [-0.39, 0.29) is 24.2 Å². The van der Waals surface area contributed by atoms with Crippen LogP contribution in [0.3, 0.4) is 0 Å². The standard InChI is InChI=1S/C19H22N2O3/c1-13(2)17(22)12-18(23)20-15-10-6-7-11-16(15)21-19(24)14-8-4-3-5-9-14/h3-11,13,17,22H,12H2,1-2H3,(H,20,23)(H,21,24). The Balaban J connectivity index is 2.07. The summed E-state index contributed by atoms with van der Waals surface area (Å²) in [4.78, 5) is 24.3. The zero-order chi connectivity index (χ0) is 17.5. The number of nitrogens with one attached hydrogen (secondary N) is 2. The first kappa shape index (κ1) is 17.7. The van der Waals surface area contributed by atoms with Gasteiger partial charge in [0.05, 0.1) is 23.9 Å². The number of aliphatic hydroxyl groups excluding tert-OH is 1. The van der Waals surface area contributed by atoms with Gasteiger partial charge in [0.25, 0.3) is 5.91 Å². The highest BCUT2D eigenvalue weighted by Gasteiger charge is 2.16. The van der Waals surface area contributed by atoms with Gasteiger partial charge in [-0.25, -0.2) is 0 Å². The van der Waals surface area contributed by atoms with Gasteiger partial charge in [-0.2, -0.15) is 0 Å². The van der Waals surface area contributed by atoms with Crippen molar-refractivity contribution in [2.75, 3.05) is 10.6 Å². The summed E-state index contributed by atoms with van der Waals surface area (Å²) >= 11 is 0. The molecule has 0 saturated heterocycles. The quantitative estimate of drug-likeness (QED) is 0.762. The molecule has 0 aliphatic heterocycles. The molecule has 126 valence electrons. The molecule has 0 heterocycles. The van der Waals surface area contributed by atoms with Crippen molar-refractivity contribution >= 4 is 23.2 Å². The van der Waals surface area contributed by atoms with E-state index in [1.165, 1.54) is 0 Å². The van der Waals surface area contributed by atoms with E-state index in [4.69, 9.17) is 0 Å². The molecule has 1 unspecified atom stereocenters. The van der Waals surface area contributed by atoms with Crippen LogP contribution in [0.1, 0.15) is 30.6 Å². The Labute approximate surface area is 141 Å². The van der Waals surface area contributed by atoms with Crippen LogP contribution in [0.5, 0.6) is 0 Å². The van der Waals surface area contributed by atoms with Gasteiger partial charge in [0.1, 0.15) is 0 Å². The molecule has 0 bridgehead atoms. The third-order valence-corrected chi connectivity index (χ3v) is 3.65. The van der Waals surface area contributed by atoms with Gasteiger partial charge in [0.2, 0.25) is 5.91 Å². The highest BCUT2D eigenvalue weighted by Crippen LogP contribution is 2.22. The number of anilines is 2. The van der Waals surface area contributed by atoms with Crippen LogP contribution in [-0.2, 0) is 4.79 Å². The first-order chi connectivity index (χ1) is 11.5. The van der Waals surface area contributed by atoms with E-state index in [0.717, 1.165) is 0 Å². The van der Waals surface area contributed by atoms with E-state index in [9.17, 15) is 14.7 Å². The molecule has 5 heteroatoms. The first-order valence-electron chi connectivity index (χ1n) is 7.90. The number of hydrogen-bond acceptors (Lipinski definition) is 3. The van der Waals surface area contributed by atoms with Crippen LogP contribution in [0.25, 0.3) is 0 Å². The van der Waals surface area contributed by atoms with E-state index in [0.29, 0.717) is 16.9 Å². The Morgan fingerprint density at radius 1 is 0.917 bits per heavy atom. The van der Waals surface area contributed by atoms with Crippen LogP contribution < -0.4 is 10.6 Å². The van der Waals surface area contributed by atoms with Gasteiger partial charge in [-0.05, 0) is 30.2 Å². The maximum absolute atomic E-state index is 12.3. The summed E-state index contributed by atoms with van der Waals surface area (Å²) in [5, 5.41) is 15.3. The molecular formula is C19H22N2O3. The molecule has 24 heavy (non-hydrogen) atoms. The van der Waals surface area contributed by atoms with Gasteiger partial charge < -0.3 is 15.7 Å². The average Bonchev–Trinajstić information content (AvgIpc) is 2.57. The second kappa shape index (κ2) is 8.26. The molecule has 2 amide bonds. The van der Waals surface area contributed by atoms with Crippen molar-refractivity contribution < 1.29 is 14.7 Å². The Morgan fingerprint density at radius 3 is 2.04 bits per heavy atom. The van der Waals surface area contributed by atoms with Gasteiger partial charge in [-0.15, -0.1) is 0 Å². The largest absolute Gasteiger partial charge is 0.392 e. The molecule has 5 nitrogen and oxygen atoms in total. The predicted octanol–water partition coefficient (Wildman–Crippen LogP) is 3.28. The summed E-state index contributed by atoms with van der Waals surface area (Å²) in [5.74, 6) is -0.541. The molecule has 2 aromatic rings. The summed E-state index contributed by atoms with van der Waals surface area (Å²) in [6, 6.07) is 15.8. The normalized spacial score (nSPS) is 11.8. The second-order valence-electron chi connectivity index (χ2n) is 5.93. The number of aliphatic hydroxyl groups is 1. The maximum Gasteiger partial charge on any atom is 0.255 e. The van der Waals surface area contributed by atoms with Gasteiger partial charge in [0, 0.05) is 5.56 Å². The summed E-state index contributed by atoms with van der Waals surface area (Å²) < 4.78 is 0. The van der Waals surface area contributed by atoms with Crippen molar-refractivity contribution in [2.24, 2.45) is 5.92 Å². The van der Waals surface area contributed by atoms with Crippen molar-refractivity contribution in [3.05, 3.63) is 60.2 Å². The Morgan fingerprint density at radius 2 is 1.46 bits per heavy atom. The topological polar surface area (TPSA) is 78.4 Å². The van der Waals surface area contributed by atoms with Crippen LogP contribution in [0, 0.1) is 5.92 Å². The molecule has 0 spiro atoms. The third-order valence-electron chi connectivity index (χ3n) is 3.65. The van der Waals surface area contributed by atoms with Crippen LogP contribution in [-0.4, -0.2) is 23.0 Å². The minimum atomic E-state index is -0.698. The Bertz CT molecular complexity index is 699. The molecule has 0 fully saturated rings. The summed E-state index contributed by atoms with van der Waals surface area (Å²) in [7, 11) is 0. The average molecular weight is 326 g/mol.